The summed E-state index contributed by atoms with van der Waals surface area (Å²) in [5.41, 5.74) is 4.91. The zero-order valence-corrected chi connectivity index (χ0v) is 13.7. The molecule has 2 aromatic rings. The third-order valence-corrected chi connectivity index (χ3v) is 3.27. The van der Waals surface area contributed by atoms with E-state index in [0.717, 1.165) is 0 Å². The fourth-order valence-electron chi connectivity index (χ4n) is 2.03. The number of aliphatic hydroxyl groups is 1. The van der Waals surface area contributed by atoms with Crippen molar-refractivity contribution in [3.05, 3.63) is 48.2 Å². The van der Waals surface area contributed by atoms with E-state index in [4.69, 9.17) is 15.2 Å². The maximum absolute atomic E-state index is 10.8. The van der Waals surface area contributed by atoms with Gasteiger partial charge in [0, 0.05) is 25.2 Å². The molecular weight excluding hydrogens is 310 g/mol. The van der Waals surface area contributed by atoms with Crippen LogP contribution in [0.3, 0.4) is 0 Å². The van der Waals surface area contributed by atoms with Crippen molar-refractivity contribution in [1.29, 1.82) is 0 Å². The highest BCUT2D eigenvalue weighted by Crippen LogP contribution is 2.18. The van der Waals surface area contributed by atoms with Crippen LogP contribution in [0.25, 0.3) is 0 Å². The molecule has 128 valence electrons. The van der Waals surface area contributed by atoms with Gasteiger partial charge in [-0.15, -0.1) is 0 Å². The Morgan fingerprint density at radius 3 is 2.50 bits per heavy atom. The van der Waals surface area contributed by atoms with Gasteiger partial charge in [-0.2, -0.15) is 0 Å². The molecule has 0 aliphatic heterocycles. The first-order chi connectivity index (χ1) is 11.4. The quantitative estimate of drug-likeness (QED) is 0.305. The SMILES string of the molecule is CC(=O)Oc1ccc(OCCNC(C)(O)c2ccc(N)nc2)cc1. The number of aromatic nitrogens is 1. The number of anilines is 1. The van der Waals surface area contributed by atoms with E-state index in [0.29, 0.717) is 36.0 Å². The molecule has 0 spiro atoms. The van der Waals surface area contributed by atoms with Crippen LogP contribution in [0.4, 0.5) is 5.82 Å². The predicted molar refractivity (Wildman–Crippen MR) is 89.5 cm³/mol. The van der Waals surface area contributed by atoms with Gasteiger partial charge in [0.15, 0.2) is 0 Å². The van der Waals surface area contributed by atoms with E-state index < -0.39 is 5.72 Å². The van der Waals surface area contributed by atoms with Crippen LogP contribution < -0.4 is 20.5 Å². The van der Waals surface area contributed by atoms with Crippen LogP contribution in [0, 0.1) is 0 Å². The molecule has 1 heterocycles. The average Bonchev–Trinajstić information content (AvgIpc) is 2.53. The number of nitrogens with zero attached hydrogens (tertiary/aromatic N) is 1. The minimum Gasteiger partial charge on any atom is -0.492 e. The maximum atomic E-state index is 10.8. The van der Waals surface area contributed by atoms with Gasteiger partial charge >= 0.3 is 5.97 Å². The van der Waals surface area contributed by atoms with Crippen LogP contribution >= 0.6 is 0 Å². The summed E-state index contributed by atoms with van der Waals surface area (Å²) < 4.78 is 10.5. The molecule has 1 unspecified atom stereocenters. The van der Waals surface area contributed by atoms with Crippen LogP contribution in [0.5, 0.6) is 11.5 Å². The zero-order valence-electron chi connectivity index (χ0n) is 13.7. The molecule has 0 saturated carbocycles. The summed E-state index contributed by atoms with van der Waals surface area (Å²) in [6, 6.07) is 10.1. The molecular formula is C17H21N3O4. The Bertz CT molecular complexity index is 669. The van der Waals surface area contributed by atoms with Crippen molar-refractivity contribution in [2.75, 3.05) is 18.9 Å². The van der Waals surface area contributed by atoms with Gasteiger partial charge in [0.2, 0.25) is 0 Å². The number of nitrogens with one attached hydrogen (secondary N) is 1. The first-order valence-corrected chi connectivity index (χ1v) is 7.47. The van der Waals surface area contributed by atoms with E-state index in [2.05, 4.69) is 10.3 Å². The maximum Gasteiger partial charge on any atom is 0.308 e. The Morgan fingerprint density at radius 2 is 1.92 bits per heavy atom. The molecule has 7 nitrogen and oxygen atoms in total. The minimum atomic E-state index is -1.23. The molecule has 0 radical (unpaired) electrons. The highest BCUT2D eigenvalue weighted by Gasteiger charge is 2.22. The Hall–Kier alpha value is -2.64. The van der Waals surface area contributed by atoms with Crippen LogP contribution in [0.15, 0.2) is 42.6 Å². The van der Waals surface area contributed by atoms with Gasteiger partial charge in [-0.3, -0.25) is 10.1 Å². The number of hydrogen-bond acceptors (Lipinski definition) is 7. The van der Waals surface area contributed by atoms with Gasteiger partial charge in [0.05, 0.1) is 0 Å². The first kappa shape index (κ1) is 17.7. The van der Waals surface area contributed by atoms with E-state index in [1.165, 1.54) is 13.1 Å². The molecule has 0 bridgehead atoms. The molecule has 24 heavy (non-hydrogen) atoms. The third kappa shape index (κ3) is 5.22. The topological polar surface area (TPSA) is 107 Å². The predicted octanol–water partition coefficient (Wildman–Crippen LogP) is 1.42. The highest BCUT2D eigenvalue weighted by atomic mass is 16.5. The Balaban J connectivity index is 1.79. The van der Waals surface area contributed by atoms with Crippen molar-refractivity contribution in [3.8, 4) is 11.5 Å². The van der Waals surface area contributed by atoms with Crippen molar-refractivity contribution < 1.29 is 19.4 Å². The lowest BCUT2D eigenvalue weighted by Gasteiger charge is -2.25. The van der Waals surface area contributed by atoms with Gasteiger partial charge in [-0.25, -0.2) is 4.98 Å². The molecule has 0 saturated heterocycles. The van der Waals surface area contributed by atoms with Crippen LogP contribution in [0.2, 0.25) is 0 Å². The second kappa shape index (κ2) is 7.76. The van der Waals surface area contributed by atoms with E-state index in [-0.39, 0.29) is 5.97 Å². The van der Waals surface area contributed by atoms with Crippen molar-refractivity contribution in [3.63, 3.8) is 0 Å². The highest BCUT2D eigenvalue weighted by molar-refractivity contribution is 5.69. The number of carbonyl (C=O) groups is 1. The van der Waals surface area contributed by atoms with Crippen molar-refractivity contribution in [2.45, 2.75) is 19.6 Å². The fourth-order valence-corrected chi connectivity index (χ4v) is 2.03. The lowest BCUT2D eigenvalue weighted by Crippen LogP contribution is -2.41. The van der Waals surface area contributed by atoms with E-state index in [1.54, 1.807) is 43.3 Å². The number of ether oxygens (including phenoxy) is 2. The standard InChI is InChI=1S/C17H21N3O4/c1-12(21)24-15-6-4-14(5-7-15)23-10-9-20-17(2,22)13-3-8-16(18)19-11-13/h3-8,11,20,22H,9-10H2,1-2H3,(H2,18,19). The number of nitrogen functional groups attached to an aromatic ring is 1. The van der Waals surface area contributed by atoms with Crippen molar-refractivity contribution in [2.24, 2.45) is 0 Å². The Kier molecular flexibility index (Phi) is 5.73. The number of rotatable bonds is 7. The number of benzene rings is 1. The second-order valence-electron chi connectivity index (χ2n) is 5.38. The van der Waals surface area contributed by atoms with E-state index in [1.807, 2.05) is 0 Å². The molecule has 0 aliphatic carbocycles. The smallest absolute Gasteiger partial charge is 0.308 e. The molecule has 0 amide bonds. The molecule has 4 N–H and O–H groups in total. The summed E-state index contributed by atoms with van der Waals surface area (Å²) in [6.45, 7) is 3.75. The lowest BCUT2D eigenvalue weighted by atomic mass is 10.1. The Labute approximate surface area is 140 Å². The zero-order chi connectivity index (χ0) is 17.6. The summed E-state index contributed by atoms with van der Waals surface area (Å²) in [5.74, 6) is 1.13. The molecule has 2 rings (SSSR count). The average molecular weight is 331 g/mol. The Morgan fingerprint density at radius 1 is 1.25 bits per heavy atom. The summed E-state index contributed by atoms with van der Waals surface area (Å²) in [4.78, 5) is 14.8. The summed E-state index contributed by atoms with van der Waals surface area (Å²) >= 11 is 0. The number of nitrogens with two attached hydrogens (primary N) is 1. The van der Waals surface area contributed by atoms with Gasteiger partial charge in [0.25, 0.3) is 0 Å². The molecule has 1 aromatic carbocycles. The van der Waals surface area contributed by atoms with Crippen molar-refractivity contribution >= 4 is 11.8 Å². The van der Waals surface area contributed by atoms with Gasteiger partial charge < -0.3 is 20.3 Å². The van der Waals surface area contributed by atoms with Gasteiger partial charge in [-0.1, -0.05) is 0 Å². The summed E-state index contributed by atoms with van der Waals surface area (Å²) in [6.07, 6.45) is 1.52. The van der Waals surface area contributed by atoms with Crippen LogP contribution in [0.1, 0.15) is 19.4 Å². The third-order valence-electron chi connectivity index (χ3n) is 3.27. The number of esters is 1. The largest absolute Gasteiger partial charge is 0.492 e. The molecule has 1 atom stereocenters. The molecule has 7 heteroatoms. The van der Waals surface area contributed by atoms with Gasteiger partial charge in [-0.05, 0) is 43.3 Å². The normalized spacial score (nSPS) is 13.1. The molecule has 0 aliphatic rings. The number of pyridine rings is 1. The van der Waals surface area contributed by atoms with E-state index >= 15 is 0 Å². The van der Waals surface area contributed by atoms with Crippen molar-refractivity contribution in [1.82, 2.24) is 10.3 Å². The van der Waals surface area contributed by atoms with Crippen LogP contribution in [-0.2, 0) is 10.5 Å². The molecule has 1 aromatic heterocycles. The number of hydrogen-bond donors (Lipinski definition) is 3. The second-order valence-corrected chi connectivity index (χ2v) is 5.38. The number of carbonyl (C=O) groups excluding carboxylic acids is 1. The van der Waals surface area contributed by atoms with E-state index in [9.17, 15) is 9.90 Å². The summed E-state index contributed by atoms with van der Waals surface area (Å²) in [5, 5.41) is 13.4. The monoisotopic (exact) mass is 331 g/mol. The summed E-state index contributed by atoms with van der Waals surface area (Å²) in [7, 11) is 0. The minimum absolute atomic E-state index is 0.353. The first-order valence-electron chi connectivity index (χ1n) is 7.47. The van der Waals surface area contributed by atoms with Crippen LogP contribution in [-0.4, -0.2) is 29.2 Å². The lowest BCUT2D eigenvalue weighted by molar-refractivity contribution is -0.131. The fraction of sp³-hybridized carbons (Fsp3) is 0.294. The molecule has 0 fully saturated rings. The van der Waals surface area contributed by atoms with Gasteiger partial charge in [0.1, 0.15) is 29.6 Å².